The van der Waals surface area contributed by atoms with Crippen LogP contribution in [0.3, 0.4) is 0 Å². The maximum Gasteiger partial charge on any atom is 0.310 e. The van der Waals surface area contributed by atoms with Crippen molar-refractivity contribution in [2.45, 2.75) is 25.3 Å². The zero-order valence-electron chi connectivity index (χ0n) is 10.3. The van der Waals surface area contributed by atoms with E-state index in [9.17, 15) is 14.9 Å². The third-order valence-corrected chi connectivity index (χ3v) is 3.33. The average molecular weight is 259 g/mol. The molecule has 0 amide bonds. The van der Waals surface area contributed by atoms with Crippen molar-refractivity contribution in [1.82, 2.24) is 0 Å². The first kappa shape index (κ1) is 13.0. The Labute approximate surface area is 110 Å². The summed E-state index contributed by atoms with van der Waals surface area (Å²) >= 11 is 0. The SMILES string of the molecule is N#Cc1cccc(N2CCCCC2C=O)c1[N+](=O)[O-]. The number of nitriles is 1. The molecule has 0 radical (unpaired) electrons. The van der Waals surface area contributed by atoms with Gasteiger partial charge in [0.15, 0.2) is 0 Å². The quantitative estimate of drug-likeness (QED) is 0.471. The first-order chi connectivity index (χ1) is 9.19. The van der Waals surface area contributed by atoms with Crippen molar-refractivity contribution in [3.05, 3.63) is 33.9 Å². The summed E-state index contributed by atoms with van der Waals surface area (Å²) < 4.78 is 0. The number of anilines is 1. The van der Waals surface area contributed by atoms with Crippen LogP contribution in [0.15, 0.2) is 18.2 Å². The van der Waals surface area contributed by atoms with Crippen LogP contribution in [0.5, 0.6) is 0 Å². The first-order valence-corrected chi connectivity index (χ1v) is 6.08. The van der Waals surface area contributed by atoms with Gasteiger partial charge in [-0.1, -0.05) is 6.07 Å². The van der Waals surface area contributed by atoms with Crippen LogP contribution in [-0.4, -0.2) is 23.8 Å². The normalized spacial score (nSPS) is 18.7. The highest BCUT2D eigenvalue weighted by Crippen LogP contribution is 2.34. The Kier molecular flexibility index (Phi) is 3.76. The molecule has 0 aromatic heterocycles. The number of para-hydroxylation sites is 1. The maximum absolute atomic E-state index is 11.2. The Balaban J connectivity index is 2.52. The molecule has 0 saturated carbocycles. The second-order valence-electron chi connectivity index (χ2n) is 4.43. The first-order valence-electron chi connectivity index (χ1n) is 6.08. The number of carbonyl (C=O) groups is 1. The Morgan fingerprint density at radius 3 is 2.89 bits per heavy atom. The number of nitro groups is 1. The lowest BCUT2D eigenvalue weighted by Gasteiger charge is -2.33. The van der Waals surface area contributed by atoms with E-state index in [2.05, 4.69) is 0 Å². The lowest BCUT2D eigenvalue weighted by molar-refractivity contribution is -0.384. The van der Waals surface area contributed by atoms with Crippen molar-refractivity contribution in [3.63, 3.8) is 0 Å². The molecule has 1 aliphatic heterocycles. The van der Waals surface area contributed by atoms with E-state index < -0.39 is 4.92 Å². The van der Waals surface area contributed by atoms with Gasteiger partial charge in [0, 0.05) is 6.54 Å². The summed E-state index contributed by atoms with van der Waals surface area (Å²) in [7, 11) is 0. The molecule has 6 nitrogen and oxygen atoms in total. The molecular formula is C13H13N3O3. The molecule has 0 N–H and O–H groups in total. The largest absolute Gasteiger partial charge is 0.356 e. The summed E-state index contributed by atoms with van der Waals surface area (Å²) in [6.07, 6.45) is 3.34. The number of nitro benzene ring substituents is 1. The minimum absolute atomic E-state index is 0.0257. The van der Waals surface area contributed by atoms with E-state index in [-0.39, 0.29) is 17.3 Å². The molecule has 1 unspecified atom stereocenters. The molecule has 1 heterocycles. The fraction of sp³-hybridized carbons (Fsp3) is 0.385. The van der Waals surface area contributed by atoms with Crippen molar-refractivity contribution >= 4 is 17.7 Å². The lowest BCUT2D eigenvalue weighted by Crippen LogP contribution is -2.41. The molecule has 1 aromatic rings. The van der Waals surface area contributed by atoms with Crippen LogP contribution in [-0.2, 0) is 4.79 Å². The van der Waals surface area contributed by atoms with Gasteiger partial charge in [0.2, 0.25) is 0 Å². The van der Waals surface area contributed by atoms with Crippen molar-refractivity contribution < 1.29 is 9.72 Å². The van der Waals surface area contributed by atoms with E-state index in [0.29, 0.717) is 18.7 Å². The Bertz CT molecular complexity index is 551. The predicted octanol–water partition coefficient (Wildman–Crippen LogP) is 2.02. The molecule has 2 rings (SSSR count). The van der Waals surface area contributed by atoms with Crippen molar-refractivity contribution in [2.24, 2.45) is 0 Å². The number of hydrogen-bond donors (Lipinski definition) is 0. The van der Waals surface area contributed by atoms with Gasteiger partial charge in [-0.05, 0) is 31.4 Å². The van der Waals surface area contributed by atoms with Crippen LogP contribution in [0.4, 0.5) is 11.4 Å². The molecule has 6 heteroatoms. The second-order valence-corrected chi connectivity index (χ2v) is 4.43. The molecular weight excluding hydrogens is 246 g/mol. The number of carbonyl (C=O) groups excluding carboxylic acids is 1. The Morgan fingerprint density at radius 1 is 1.47 bits per heavy atom. The molecule has 0 aliphatic carbocycles. The fourth-order valence-electron chi connectivity index (χ4n) is 2.44. The van der Waals surface area contributed by atoms with Crippen LogP contribution in [0, 0.1) is 21.4 Å². The number of hydrogen-bond acceptors (Lipinski definition) is 5. The zero-order valence-corrected chi connectivity index (χ0v) is 10.3. The zero-order chi connectivity index (χ0) is 13.8. The highest BCUT2D eigenvalue weighted by molar-refractivity contribution is 5.75. The van der Waals surface area contributed by atoms with Crippen molar-refractivity contribution in [3.8, 4) is 6.07 Å². The standard InChI is InChI=1S/C13H13N3O3/c14-8-10-4-3-6-12(13(10)16(18)19)15-7-2-1-5-11(15)9-17/h3-4,6,9,11H,1-2,5,7H2. The number of aldehydes is 1. The summed E-state index contributed by atoms with van der Waals surface area (Å²) in [4.78, 5) is 23.5. The summed E-state index contributed by atoms with van der Waals surface area (Å²) in [5, 5.41) is 20.1. The summed E-state index contributed by atoms with van der Waals surface area (Å²) in [6.45, 7) is 0.596. The Hall–Kier alpha value is -2.42. The summed E-state index contributed by atoms with van der Waals surface area (Å²) in [6, 6.07) is 6.11. The van der Waals surface area contributed by atoms with Gasteiger partial charge >= 0.3 is 5.69 Å². The van der Waals surface area contributed by atoms with Crippen molar-refractivity contribution in [2.75, 3.05) is 11.4 Å². The van der Waals surface area contributed by atoms with Gasteiger partial charge in [0.05, 0.1) is 11.0 Å². The molecule has 1 aromatic carbocycles. The monoisotopic (exact) mass is 259 g/mol. The molecule has 1 aliphatic rings. The van der Waals surface area contributed by atoms with Gasteiger partial charge in [-0.2, -0.15) is 5.26 Å². The van der Waals surface area contributed by atoms with E-state index in [0.717, 1.165) is 19.1 Å². The van der Waals surface area contributed by atoms with Gasteiger partial charge in [-0.25, -0.2) is 0 Å². The number of rotatable bonds is 3. The van der Waals surface area contributed by atoms with Gasteiger partial charge < -0.3 is 9.69 Å². The molecule has 1 saturated heterocycles. The second kappa shape index (κ2) is 5.48. The minimum Gasteiger partial charge on any atom is -0.356 e. The average Bonchev–Trinajstić information content (AvgIpc) is 2.46. The summed E-state index contributed by atoms with van der Waals surface area (Å²) in [5.74, 6) is 0. The van der Waals surface area contributed by atoms with Gasteiger partial charge in [-0.3, -0.25) is 10.1 Å². The molecule has 19 heavy (non-hydrogen) atoms. The maximum atomic E-state index is 11.2. The van der Waals surface area contributed by atoms with Crippen molar-refractivity contribution in [1.29, 1.82) is 5.26 Å². The van der Waals surface area contributed by atoms with E-state index >= 15 is 0 Å². The predicted molar refractivity (Wildman–Crippen MR) is 68.9 cm³/mol. The van der Waals surface area contributed by atoms with E-state index in [1.807, 2.05) is 6.07 Å². The van der Waals surface area contributed by atoms with Gasteiger partial charge in [-0.15, -0.1) is 0 Å². The molecule has 0 spiro atoms. The lowest BCUT2D eigenvalue weighted by atomic mass is 10.0. The molecule has 1 fully saturated rings. The molecule has 98 valence electrons. The van der Waals surface area contributed by atoms with Crippen LogP contribution < -0.4 is 4.90 Å². The number of nitrogens with zero attached hydrogens (tertiary/aromatic N) is 3. The number of piperidine rings is 1. The molecule has 0 bridgehead atoms. The Morgan fingerprint density at radius 2 is 2.26 bits per heavy atom. The number of benzene rings is 1. The summed E-state index contributed by atoms with van der Waals surface area (Å²) in [5.41, 5.74) is 0.178. The smallest absolute Gasteiger partial charge is 0.310 e. The third kappa shape index (κ3) is 2.40. The van der Waals surface area contributed by atoms with E-state index in [1.165, 1.54) is 6.07 Å². The topological polar surface area (TPSA) is 87.2 Å². The van der Waals surface area contributed by atoms with Crippen LogP contribution in [0.1, 0.15) is 24.8 Å². The van der Waals surface area contributed by atoms with Crippen LogP contribution in [0.25, 0.3) is 0 Å². The van der Waals surface area contributed by atoms with Gasteiger partial charge in [0.1, 0.15) is 23.6 Å². The van der Waals surface area contributed by atoms with Gasteiger partial charge in [0.25, 0.3) is 0 Å². The van der Waals surface area contributed by atoms with Crippen LogP contribution >= 0.6 is 0 Å². The minimum atomic E-state index is -0.551. The fourth-order valence-corrected chi connectivity index (χ4v) is 2.44. The highest BCUT2D eigenvalue weighted by Gasteiger charge is 2.29. The van der Waals surface area contributed by atoms with E-state index in [4.69, 9.17) is 5.26 Å². The van der Waals surface area contributed by atoms with E-state index in [1.54, 1.807) is 17.0 Å². The third-order valence-electron chi connectivity index (χ3n) is 3.33. The molecule has 1 atom stereocenters. The highest BCUT2D eigenvalue weighted by atomic mass is 16.6. The van der Waals surface area contributed by atoms with Crippen LogP contribution in [0.2, 0.25) is 0 Å².